The molecule has 0 bridgehead atoms. The first-order chi connectivity index (χ1) is 9.15. The summed E-state index contributed by atoms with van der Waals surface area (Å²) >= 11 is 0. The number of nitrogens with one attached hydrogen (secondary N) is 1. The molecule has 0 saturated heterocycles. The summed E-state index contributed by atoms with van der Waals surface area (Å²) in [6, 6.07) is 7.94. The monoisotopic (exact) mass is 258 g/mol. The van der Waals surface area contributed by atoms with E-state index in [-0.39, 0.29) is 5.91 Å². The van der Waals surface area contributed by atoms with E-state index >= 15 is 0 Å². The Hall–Kier alpha value is -2.14. The van der Waals surface area contributed by atoms with E-state index in [0.717, 1.165) is 16.9 Å². The van der Waals surface area contributed by atoms with Gasteiger partial charge >= 0.3 is 0 Å². The zero-order valence-corrected chi connectivity index (χ0v) is 11.2. The molecule has 100 valence electrons. The lowest BCUT2D eigenvalue weighted by Gasteiger charge is -2.08. The van der Waals surface area contributed by atoms with Crippen LogP contribution in [0.2, 0.25) is 0 Å². The number of nitrogens with two attached hydrogens (primary N) is 1. The smallest absolute Gasteiger partial charge is 0.254 e. The first-order valence-corrected chi connectivity index (χ1v) is 6.24. The molecule has 0 aliphatic carbocycles. The van der Waals surface area contributed by atoms with Crippen LogP contribution in [0.3, 0.4) is 0 Å². The Morgan fingerprint density at radius 2 is 2.11 bits per heavy atom. The van der Waals surface area contributed by atoms with Crippen molar-refractivity contribution in [1.29, 1.82) is 0 Å². The van der Waals surface area contributed by atoms with Crippen molar-refractivity contribution in [3.8, 4) is 5.69 Å². The Balaban J connectivity index is 2.33. The lowest BCUT2D eigenvalue weighted by atomic mass is 10.2. The SMILES string of the molecule is Cc1ccccc1-n1ncc(C(=O)NCCN)c1C. The number of carbonyl (C=O) groups excluding carboxylic acids is 1. The predicted molar refractivity (Wildman–Crippen MR) is 74.4 cm³/mol. The highest BCUT2D eigenvalue weighted by Crippen LogP contribution is 2.17. The summed E-state index contributed by atoms with van der Waals surface area (Å²) in [5, 5.41) is 7.05. The zero-order valence-electron chi connectivity index (χ0n) is 11.2. The number of hydrogen-bond acceptors (Lipinski definition) is 3. The van der Waals surface area contributed by atoms with E-state index in [4.69, 9.17) is 5.73 Å². The van der Waals surface area contributed by atoms with Crippen molar-refractivity contribution in [2.45, 2.75) is 13.8 Å². The fourth-order valence-corrected chi connectivity index (χ4v) is 1.96. The molecule has 5 nitrogen and oxygen atoms in total. The molecule has 0 fully saturated rings. The predicted octanol–water partition coefficient (Wildman–Crippen LogP) is 1.18. The van der Waals surface area contributed by atoms with Gasteiger partial charge in [0.25, 0.3) is 5.91 Å². The van der Waals surface area contributed by atoms with Crippen LogP contribution in [0.5, 0.6) is 0 Å². The standard InChI is InChI=1S/C14H18N4O/c1-10-5-3-4-6-13(10)18-11(2)12(9-17-18)14(19)16-8-7-15/h3-6,9H,7-8,15H2,1-2H3,(H,16,19). The zero-order chi connectivity index (χ0) is 13.8. The maximum Gasteiger partial charge on any atom is 0.254 e. The second-order valence-electron chi connectivity index (χ2n) is 4.39. The topological polar surface area (TPSA) is 72.9 Å². The van der Waals surface area contributed by atoms with Gasteiger partial charge in [-0.1, -0.05) is 18.2 Å². The quantitative estimate of drug-likeness (QED) is 0.865. The molecule has 3 N–H and O–H groups in total. The molecule has 2 aromatic rings. The van der Waals surface area contributed by atoms with Gasteiger partial charge in [-0.05, 0) is 25.5 Å². The van der Waals surface area contributed by atoms with Crippen LogP contribution >= 0.6 is 0 Å². The normalized spacial score (nSPS) is 10.5. The molecule has 19 heavy (non-hydrogen) atoms. The number of aromatic nitrogens is 2. The summed E-state index contributed by atoms with van der Waals surface area (Å²) in [7, 11) is 0. The molecule has 1 heterocycles. The molecule has 5 heteroatoms. The van der Waals surface area contributed by atoms with E-state index in [1.807, 2.05) is 38.1 Å². The summed E-state index contributed by atoms with van der Waals surface area (Å²) < 4.78 is 1.78. The number of benzene rings is 1. The summed E-state index contributed by atoms with van der Waals surface area (Å²) in [6.07, 6.45) is 1.59. The highest BCUT2D eigenvalue weighted by atomic mass is 16.1. The number of carbonyl (C=O) groups is 1. The maximum atomic E-state index is 11.9. The number of rotatable bonds is 4. The van der Waals surface area contributed by atoms with Crippen molar-refractivity contribution >= 4 is 5.91 Å². The molecule has 0 aliphatic heterocycles. The molecule has 0 saturated carbocycles. The lowest BCUT2D eigenvalue weighted by Crippen LogP contribution is -2.29. The van der Waals surface area contributed by atoms with Crippen LogP contribution in [0.25, 0.3) is 5.69 Å². The van der Waals surface area contributed by atoms with E-state index < -0.39 is 0 Å². The van der Waals surface area contributed by atoms with Crippen molar-refractivity contribution in [2.75, 3.05) is 13.1 Å². The molecule has 0 aliphatic rings. The molecule has 0 spiro atoms. The highest BCUT2D eigenvalue weighted by Gasteiger charge is 2.15. The van der Waals surface area contributed by atoms with Crippen LogP contribution in [0.15, 0.2) is 30.5 Å². The van der Waals surface area contributed by atoms with E-state index in [2.05, 4.69) is 10.4 Å². The largest absolute Gasteiger partial charge is 0.351 e. The molecule has 0 unspecified atom stereocenters. The van der Waals surface area contributed by atoms with Crippen molar-refractivity contribution < 1.29 is 4.79 Å². The summed E-state index contributed by atoms with van der Waals surface area (Å²) in [6.45, 7) is 4.80. The number of hydrogen-bond donors (Lipinski definition) is 2. The van der Waals surface area contributed by atoms with Crippen molar-refractivity contribution in [2.24, 2.45) is 5.73 Å². The minimum atomic E-state index is -0.136. The van der Waals surface area contributed by atoms with Gasteiger partial charge in [0, 0.05) is 13.1 Å². The van der Waals surface area contributed by atoms with Gasteiger partial charge in [-0.2, -0.15) is 5.10 Å². The molecule has 2 rings (SSSR count). The van der Waals surface area contributed by atoms with Gasteiger partial charge in [0.2, 0.25) is 0 Å². The van der Waals surface area contributed by atoms with E-state index in [1.54, 1.807) is 10.9 Å². The lowest BCUT2D eigenvalue weighted by molar-refractivity contribution is 0.0954. The minimum absolute atomic E-state index is 0.136. The van der Waals surface area contributed by atoms with Crippen molar-refractivity contribution in [3.05, 3.63) is 47.3 Å². The van der Waals surface area contributed by atoms with E-state index in [9.17, 15) is 4.79 Å². The second kappa shape index (κ2) is 5.67. The molecule has 1 aromatic carbocycles. The van der Waals surface area contributed by atoms with Crippen LogP contribution < -0.4 is 11.1 Å². The number of amides is 1. The number of nitrogens with zero attached hydrogens (tertiary/aromatic N) is 2. The third kappa shape index (κ3) is 2.66. The van der Waals surface area contributed by atoms with Gasteiger partial charge in [-0.25, -0.2) is 4.68 Å². The van der Waals surface area contributed by atoms with Gasteiger partial charge in [-0.15, -0.1) is 0 Å². The number of aryl methyl sites for hydroxylation is 1. The van der Waals surface area contributed by atoms with Crippen LogP contribution in [0, 0.1) is 13.8 Å². The minimum Gasteiger partial charge on any atom is -0.351 e. The van der Waals surface area contributed by atoms with E-state index in [0.29, 0.717) is 18.7 Å². The van der Waals surface area contributed by atoms with Gasteiger partial charge in [-0.3, -0.25) is 4.79 Å². The second-order valence-corrected chi connectivity index (χ2v) is 4.39. The third-order valence-electron chi connectivity index (χ3n) is 3.03. The summed E-state index contributed by atoms with van der Waals surface area (Å²) in [5.41, 5.74) is 8.87. The third-order valence-corrected chi connectivity index (χ3v) is 3.03. The highest BCUT2D eigenvalue weighted by molar-refractivity contribution is 5.95. The van der Waals surface area contributed by atoms with Gasteiger partial charge in [0.05, 0.1) is 23.1 Å². The average molecular weight is 258 g/mol. The first kappa shape index (κ1) is 13.3. The molecule has 0 atom stereocenters. The fourth-order valence-electron chi connectivity index (χ4n) is 1.96. The molecule has 0 radical (unpaired) electrons. The molecule has 1 aromatic heterocycles. The van der Waals surface area contributed by atoms with Crippen molar-refractivity contribution in [1.82, 2.24) is 15.1 Å². The summed E-state index contributed by atoms with van der Waals surface area (Å²) in [4.78, 5) is 11.9. The maximum absolute atomic E-state index is 11.9. The van der Waals surface area contributed by atoms with Gasteiger partial charge in [0.1, 0.15) is 0 Å². The van der Waals surface area contributed by atoms with Gasteiger partial charge < -0.3 is 11.1 Å². The molecular weight excluding hydrogens is 240 g/mol. The Morgan fingerprint density at radius 1 is 1.37 bits per heavy atom. The van der Waals surface area contributed by atoms with Crippen LogP contribution in [0.4, 0.5) is 0 Å². The van der Waals surface area contributed by atoms with Crippen LogP contribution in [0.1, 0.15) is 21.6 Å². The Bertz CT molecular complexity index is 589. The van der Waals surface area contributed by atoms with Crippen molar-refractivity contribution in [3.63, 3.8) is 0 Å². The fraction of sp³-hybridized carbons (Fsp3) is 0.286. The average Bonchev–Trinajstić information content (AvgIpc) is 2.78. The van der Waals surface area contributed by atoms with Gasteiger partial charge in [0.15, 0.2) is 0 Å². The Kier molecular flexibility index (Phi) is 3.97. The van der Waals surface area contributed by atoms with Crippen LogP contribution in [-0.4, -0.2) is 28.8 Å². The summed E-state index contributed by atoms with van der Waals surface area (Å²) in [5.74, 6) is -0.136. The molecule has 1 amide bonds. The number of para-hydroxylation sites is 1. The Labute approximate surface area is 112 Å². The first-order valence-electron chi connectivity index (χ1n) is 6.24. The van der Waals surface area contributed by atoms with E-state index in [1.165, 1.54) is 0 Å². The molecular formula is C14H18N4O. The Morgan fingerprint density at radius 3 is 2.79 bits per heavy atom. The van der Waals surface area contributed by atoms with Crippen LogP contribution in [-0.2, 0) is 0 Å².